The molecule has 2 aliphatic rings. The summed E-state index contributed by atoms with van der Waals surface area (Å²) < 4.78 is 5.66. The molecule has 6 nitrogen and oxygen atoms in total. The lowest BCUT2D eigenvalue weighted by Gasteiger charge is -2.37. The number of ether oxygens (including phenoxy) is 1. The van der Waals surface area contributed by atoms with Gasteiger partial charge in [0, 0.05) is 18.9 Å². The number of carboxylic acids is 1. The molecule has 3 N–H and O–H groups in total. The van der Waals surface area contributed by atoms with Gasteiger partial charge in [-0.25, -0.2) is 4.79 Å². The van der Waals surface area contributed by atoms with Crippen LogP contribution in [0.1, 0.15) is 33.6 Å². The average molecular weight is 328 g/mol. The third-order valence-electron chi connectivity index (χ3n) is 4.40. The minimum absolute atomic E-state index is 0.0472. The number of thioether (sulfide) groups is 1. The summed E-state index contributed by atoms with van der Waals surface area (Å²) in [4.78, 5) is 24.5. The summed E-state index contributed by atoms with van der Waals surface area (Å²) in [5, 5.41) is 9.39. The van der Waals surface area contributed by atoms with Crippen LogP contribution in [0, 0.1) is 5.92 Å². The Bertz CT molecular complexity index is 504. The molecule has 7 heteroatoms. The number of fused-ring (bicyclic) bond motifs is 1. The van der Waals surface area contributed by atoms with Crippen LogP contribution in [-0.2, 0) is 14.3 Å². The van der Waals surface area contributed by atoms with Crippen molar-refractivity contribution in [3.8, 4) is 0 Å². The molecule has 0 aromatic heterocycles. The fourth-order valence-electron chi connectivity index (χ4n) is 2.82. The largest absolute Gasteiger partial charge is 0.477 e. The number of rotatable bonds is 8. The van der Waals surface area contributed by atoms with Crippen molar-refractivity contribution in [3.63, 3.8) is 0 Å². The Balaban J connectivity index is 1.89. The zero-order valence-electron chi connectivity index (χ0n) is 13.3. The predicted octanol–water partition coefficient (Wildman–Crippen LogP) is 1.41. The highest BCUT2D eigenvalue weighted by Crippen LogP contribution is 2.43. The molecule has 0 spiro atoms. The summed E-state index contributed by atoms with van der Waals surface area (Å²) in [5.74, 6) is 0.352. The van der Waals surface area contributed by atoms with Crippen molar-refractivity contribution in [1.82, 2.24) is 4.90 Å². The first kappa shape index (κ1) is 17.3. The van der Waals surface area contributed by atoms with Gasteiger partial charge in [0.2, 0.25) is 5.91 Å². The highest BCUT2D eigenvalue weighted by Gasteiger charge is 2.51. The molecule has 2 atom stereocenters. The number of hydrogen-bond donors (Lipinski definition) is 2. The van der Waals surface area contributed by atoms with Crippen molar-refractivity contribution in [2.75, 3.05) is 18.2 Å². The molecule has 2 aliphatic heterocycles. The number of aliphatic carboxylic acids is 1. The molecule has 0 saturated carbocycles. The van der Waals surface area contributed by atoms with Crippen molar-refractivity contribution >= 4 is 23.6 Å². The number of nitrogens with two attached hydrogens (primary N) is 1. The van der Waals surface area contributed by atoms with Crippen molar-refractivity contribution in [2.24, 2.45) is 11.7 Å². The van der Waals surface area contributed by atoms with Gasteiger partial charge in [0.15, 0.2) is 0 Å². The molecule has 1 fully saturated rings. The maximum Gasteiger partial charge on any atom is 0.352 e. The highest BCUT2D eigenvalue weighted by atomic mass is 32.2. The smallest absolute Gasteiger partial charge is 0.352 e. The maximum absolute atomic E-state index is 11.6. The van der Waals surface area contributed by atoms with Gasteiger partial charge in [0.1, 0.15) is 5.70 Å². The Kier molecular flexibility index (Phi) is 5.19. The van der Waals surface area contributed by atoms with Crippen LogP contribution in [0.25, 0.3) is 0 Å². The van der Waals surface area contributed by atoms with Crippen LogP contribution in [0.15, 0.2) is 11.3 Å². The number of amides is 1. The van der Waals surface area contributed by atoms with Gasteiger partial charge in [-0.15, -0.1) is 11.8 Å². The van der Waals surface area contributed by atoms with Crippen molar-refractivity contribution in [2.45, 2.75) is 45.3 Å². The first-order chi connectivity index (χ1) is 10.3. The molecule has 0 unspecified atom stereocenters. The zero-order valence-corrected chi connectivity index (χ0v) is 14.1. The van der Waals surface area contributed by atoms with Gasteiger partial charge in [-0.05, 0) is 31.6 Å². The Labute approximate surface area is 135 Å². The number of carbonyl (C=O) groups is 2. The van der Waals surface area contributed by atoms with Crippen molar-refractivity contribution < 1.29 is 19.4 Å². The van der Waals surface area contributed by atoms with E-state index >= 15 is 0 Å². The molecular formula is C15H24N2O4S. The number of β-lactam (4-membered cyclic amide) rings is 1. The lowest BCUT2D eigenvalue weighted by Crippen LogP contribution is -2.51. The fourth-order valence-corrected chi connectivity index (χ4v) is 3.71. The Morgan fingerprint density at radius 3 is 2.77 bits per heavy atom. The maximum atomic E-state index is 11.6. The second-order valence-corrected chi connectivity index (χ2v) is 7.44. The van der Waals surface area contributed by atoms with E-state index in [1.807, 2.05) is 20.8 Å². The lowest BCUT2D eigenvalue weighted by molar-refractivity contribution is -0.148. The molecule has 22 heavy (non-hydrogen) atoms. The molecule has 0 aliphatic carbocycles. The molecule has 0 bridgehead atoms. The van der Waals surface area contributed by atoms with Crippen LogP contribution < -0.4 is 5.73 Å². The summed E-state index contributed by atoms with van der Waals surface area (Å²) in [6.45, 7) is 6.34. The van der Waals surface area contributed by atoms with Crippen molar-refractivity contribution in [3.05, 3.63) is 11.3 Å². The van der Waals surface area contributed by atoms with Gasteiger partial charge >= 0.3 is 5.97 Å². The zero-order chi connectivity index (χ0) is 16.5. The molecule has 1 amide bonds. The molecule has 0 aromatic rings. The standard InChI is InChI=1S/C15H24N2O4S/c1-9-10(4-5-22-8-21-15(2,3)7-16)13(14(19)20)17-11(9)6-12(17)18/h9,11H,4-8,16H2,1-3H3,(H,19,20)/t9-,11+/m1/s1. The molecule has 0 radical (unpaired) electrons. The van der Waals surface area contributed by atoms with Gasteiger partial charge in [-0.1, -0.05) is 6.92 Å². The van der Waals surface area contributed by atoms with E-state index in [0.717, 1.165) is 11.3 Å². The van der Waals surface area contributed by atoms with Crippen LogP contribution in [0.4, 0.5) is 0 Å². The average Bonchev–Trinajstić information content (AvgIpc) is 2.67. The predicted molar refractivity (Wildman–Crippen MR) is 85.2 cm³/mol. The number of carbonyl (C=O) groups excluding carboxylic acids is 1. The van der Waals surface area contributed by atoms with Crippen LogP contribution in [0.3, 0.4) is 0 Å². The summed E-state index contributed by atoms with van der Waals surface area (Å²) >= 11 is 1.61. The van der Waals surface area contributed by atoms with Gasteiger partial charge in [0.05, 0.1) is 17.6 Å². The quantitative estimate of drug-likeness (QED) is 0.397. The van der Waals surface area contributed by atoms with E-state index in [4.69, 9.17) is 10.5 Å². The molecule has 1 saturated heterocycles. The number of hydrogen-bond acceptors (Lipinski definition) is 5. The van der Waals surface area contributed by atoms with Crippen LogP contribution in [0.5, 0.6) is 0 Å². The molecule has 2 heterocycles. The summed E-state index contributed by atoms with van der Waals surface area (Å²) in [7, 11) is 0. The van der Waals surface area contributed by atoms with Gasteiger partial charge in [0.25, 0.3) is 0 Å². The van der Waals surface area contributed by atoms with E-state index in [-0.39, 0.29) is 29.2 Å². The Morgan fingerprint density at radius 2 is 2.23 bits per heavy atom. The van der Waals surface area contributed by atoms with E-state index in [2.05, 4.69) is 0 Å². The lowest BCUT2D eigenvalue weighted by atomic mass is 9.89. The molecule has 2 rings (SSSR count). The van der Waals surface area contributed by atoms with E-state index in [0.29, 0.717) is 25.3 Å². The van der Waals surface area contributed by atoms with Gasteiger partial charge in [-0.3, -0.25) is 4.79 Å². The molecule has 124 valence electrons. The fraction of sp³-hybridized carbons (Fsp3) is 0.733. The summed E-state index contributed by atoms with van der Waals surface area (Å²) in [6.07, 6.45) is 1.13. The SMILES string of the molecule is C[C@@H]1C(CCSCOC(C)(C)CN)=C(C(=O)O)N2C(=O)C[C@@H]12. The van der Waals surface area contributed by atoms with E-state index < -0.39 is 5.97 Å². The third-order valence-corrected chi connectivity index (χ3v) is 5.18. The Morgan fingerprint density at radius 1 is 1.55 bits per heavy atom. The first-order valence-electron chi connectivity index (χ1n) is 7.48. The second kappa shape index (κ2) is 6.60. The summed E-state index contributed by atoms with van der Waals surface area (Å²) in [5.41, 5.74) is 6.35. The minimum Gasteiger partial charge on any atom is -0.477 e. The van der Waals surface area contributed by atoms with Crippen LogP contribution in [0.2, 0.25) is 0 Å². The third kappa shape index (κ3) is 3.31. The van der Waals surface area contributed by atoms with E-state index in [1.54, 1.807) is 11.8 Å². The van der Waals surface area contributed by atoms with Crippen molar-refractivity contribution in [1.29, 1.82) is 0 Å². The van der Waals surface area contributed by atoms with Gasteiger partial charge < -0.3 is 20.5 Å². The van der Waals surface area contributed by atoms with Crippen LogP contribution in [-0.4, -0.2) is 51.8 Å². The number of nitrogens with zero attached hydrogens (tertiary/aromatic N) is 1. The normalized spacial score (nSPS) is 24.5. The summed E-state index contributed by atoms with van der Waals surface area (Å²) in [6, 6.07) is 0.0472. The first-order valence-corrected chi connectivity index (χ1v) is 8.64. The molecular weight excluding hydrogens is 304 g/mol. The minimum atomic E-state index is -0.997. The monoisotopic (exact) mass is 328 g/mol. The van der Waals surface area contributed by atoms with Crippen LogP contribution >= 0.6 is 11.8 Å². The highest BCUT2D eigenvalue weighted by molar-refractivity contribution is 7.99. The Hall–Kier alpha value is -1.05. The number of carboxylic acid groups (broad SMARTS) is 1. The van der Waals surface area contributed by atoms with Gasteiger partial charge in [-0.2, -0.15) is 0 Å². The van der Waals surface area contributed by atoms with E-state index in [9.17, 15) is 14.7 Å². The van der Waals surface area contributed by atoms with E-state index in [1.165, 1.54) is 4.90 Å². The topological polar surface area (TPSA) is 92.9 Å². The second-order valence-electron chi connectivity index (χ2n) is 6.39. The molecule has 0 aromatic carbocycles.